The first-order valence-corrected chi connectivity index (χ1v) is 14.4. The smallest absolute Gasteiger partial charge is 0.147 e. The molecule has 1 aliphatic heterocycles. The van der Waals surface area contributed by atoms with Gasteiger partial charge in [0.25, 0.3) is 0 Å². The van der Waals surface area contributed by atoms with Gasteiger partial charge in [0, 0.05) is 27.0 Å². The first kappa shape index (κ1) is 25.1. The van der Waals surface area contributed by atoms with E-state index in [-0.39, 0.29) is 5.41 Å². The summed E-state index contributed by atoms with van der Waals surface area (Å²) in [7, 11) is 0. The van der Waals surface area contributed by atoms with Gasteiger partial charge in [-0.15, -0.1) is 17.8 Å². The number of fused-ring (bicyclic) bond motifs is 2. The van der Waals surface area contributed by atoms with E-state index in [1.807, 2.05) is 6.07 Å². The maximum absolute atomic E-state index is 6.75. The summed E-state index contributed by atoms with van der Waals surface area (Å²) in [4.78, 5) is 1.22. The molecule has 4 rings (SSSR count). The maximum Gasteiger partial charge on any atom is 0.147 e. The zero-order valence-electron chi connectivity index (χ0n) is 20.5. The van der Waals surface area contributed by atoms with E-state index in [0.29, 0.717) is 0 Å². The summed E-state index contributed by atoms with van der Waals surface area (Å²) < 4.78 is 7.88. The van der Waals surface area contributed by atoms with E-state index in [4.69, 9.17) is 11.2 Å². The van der Waals surface area contributed by atoms with Gasteiger partial charge < -0.3 is 4.74 Å². The van der Waals surface area contributed by atoms with Crippen LogP contribution in [0.4, 0.5) is 0 Å². The molecule has 0 radical (unpaired) electrons. The molecule has 2 aromatic carbocycles. The molecule has 0 fully saturated rings. The molecular formula is C31H35BrOS. The molecule has 0 atom stereocenters. The zero-order chi connectivity index (χ0) is 24.0. The number of thiophene rings is 1. The third-order valence-corrected chi connectivity index (χ3v) is 8.83. The monoisotopic (exact) mass is 534 g/mol. The maximum atomic E-state index is 6.75. The van der Waals surface area contributed by atoms with Crippen LogP contribution in [-0.4, -0.2) is 0 Å². The minimum atomic E-state index is -0.0677. The van der Waals surface area contributed by atoms with Gasteiger partial charge in [-0.2, -0.15) is 0 Å². The van der Waals surface area contributed by atoms with Crippen molar-refractivity contribution in [2.45, 2.75) is 83.5 Å². The van der Waals surface area contributed by atoms with Crippen LogP contribution >= 0.6 is 27.3 Å². The number of halogens is 1. The van der Waals surface area contributed by atoms with Gasteiger partial charge in [-0.05, 0) is 53.0 Å². The Labute approximate surface area is 218 Å². The quantitative estimate of drug-likeness (QED) is 0.175. The van der Waals surface area contributed by atoms with Gasteiger partial charge in [0.05, 0.1) is 9.35 Å². The van der Waals surface area contributed by atoms with Crippen molar-refractivity contribution in [2.75, 3.05) is 0 Å². The highest BCUT2D eigenvalue weighted by Crippen LogP contribution is 2.57. The Hall–Kier alpha value is -2.02. The summed E-state index contributed by atoms with van der Waals surface area (Å²) in [5, 5.41) is 0. The van der Waals surface area contributed by atoms with Gasteiger partial charge in [0.1, 0.15) is 11.5 Å². The van der Waals surface area contributed by atoms with Crippen molar-refractivity contribution >= 4 is 27.3 Å². The van der Waals surface area contributed by atoms with Gasteiger partial charge in [-0.25, -0.2) is 0 Å². The van der Waals surface area contributed by atoms with Crippen LogP contribution in [0.2, 0.25) is 0 Å². The van der Waals surface area contributed by atoms with Crippen LogP contribution in [0.5, 0.6) is 11.5 Å². The number of ether oxygens (including phenoxy) is 1. The Morgan fingerprint density at radius 2 is 1.47 bits per heavy atom. The van der Waals surface area contributed by atoms with E-state index in [1.165, 1.54) is 67.4 Å². The van der Waals surface area contributed by atoms with Crippen molar-refractivity contribution in [1.82, 2.24) is 0 Å². The van der Waals surface area contributed by atoms with E-state index in [1.54, 1.807) is 11.3 Å². The van der Waals surface area contributed by atoms with Crippen molar-refractivity contribution in [3.05, 3.63) is 69.0 Å². The summed E-state index contributed by atoms with van der Waals surface area (Å²) in [5.41, 5.74) is 4.58. The third-order valence-electron chi connectivity index (χ3n) is 7.17. The molecule has 0 aliphatic carbocycles. The van der Waals surface area contributed by atoms with Crippen molar-refractivity contribution in [3.63, 3.8) is 0 Å². The van der Waals surface area contributed by atoms with Crippen molar-refractivity contribution in [1.29, 1.82) is 0 Å². The molecule has 0 amide bonds. The van der Waals surface area contributed by atoms with E-state index in [9.17, 15) is 0 Å². The largest absolute Gasteiger partial charge is 0.455 e. The number of benzene rings is 2. The highest BCUT2D eigenvalue weighted by atomic mass is 79.9. The van der Waals surface area contributed by atoms with Gasteiger partial charge in [0.15, 0.2) is 0 Å². The Kier molecular flexibility index (Phi) is 8.56. The van der Waals surface area contributed by atoms with E-state index < -0.39 is 0 Å². The standard InChI is InChI=1S/C31H35BrOS/c1-4-7-9-11-21-31(22-12-10-8-5-2)25-17-13-15-23(6-3)29(25)33-30-24(16-14-18-26(30)31)27-19-20-28(32)34-27/h3,13-20H,4-5,7-12,21-22H2,1-2H3. The average molecular weight is 536 g/mol. The molecule has 0 saturated carbocycles. The second kappa shape index (κ2) is 11.6. The molecule has 0 bridgehead atoms. The first-order chi connectivity index (χ1) is 16.6. The zero-order valence-corrected chi connectivity index (χ0v) is 22.9. The van der Waals surface area contributed by atoms with Crippen LogP contribution in [0.25, 0.3) is 10.4 Å². The number of hydrogen-bond acceptors (Lipinski definition) is 2. The Morgan fingerprint density at radius 3 is 2.06 bits per heavy atom. The van der Waals surface area contributed by atoms with Crippen LogP contribution in [-0.2, 0) is 5.41 Å². The lowest BCUT2D eigenvalue weighted by Crippen LogP contribution is -2.32. The number of unbranched alkanes of at least 4 members (excludes halogenated alkanes) is 6. The van der Waals surface area contributed by atoms with Crippen LogP contribution < -0.4 is 4.74 Å². The fourth-order valence-corrected chi connectivity index (χ4v) is 6.84. The topological polar surface area (TPSA) is 9.23 Å². The molecular weight excluding hydrogens is 500 g/mol. The SMILES string of the molecule is C#Cc1cccc2c1Oc1c(-c3ccc(Br)s3)cccc1C2(CCCCCC)CCCCCC. The molecule has 0 unspecified atom stereocenters. The van der Waals surface area contributed by atoms with Crippen LogP contribution in [0.15, 0.2) is 52.3 Å². The first-order valence-electron chi connectivity index (χ1n) is 12.8. The number of terminal acetylenes is 1. The van der Waals surface area contributed by atoms with Gasteiger partial charge in [-0.1, -0.05) is 95.4 Å². The molecule has 0 saturated heterocycles. The molecule has 0 spiro atoms. The second-order valence-electron chi connectivity index (χ2n) is 9.42. The van der Waals surface area contributed by atoms with Crippen LogP contribution in [0.1, 0.15) is 94.7 Å². The lowest BCUT2D eigenvalue weighted by atomic mass is 9.65. The molecule has 0 N–H and O–H groups in total. The molecule has 1 aliphatic rings. The molecule has 2 heterocycles. The minimum absolute atomic E-state index is 0.0677. The highest BCUT2D eigenvalue weighted by Gasteiger charge is 2.43. The lowest BCUT2D eigenvalue weighted by molar-refractivity contribution is 0.338. The van der Waals surface area contributed by atoms with E-state index in [0.717, 1.165) is 39.3 Å². The predicted octanol–water partition coefficient (Wildman–Crippen LogP) is 10.5. The second-order valence-corrected chi connectivity index (χ2v) is 11.9. The number of hydrogen-bond donors (Lipinski definition) is 0. The Bertz CT molecular complexity index is 1140. The van der Waals surface area contributed by atoms with Crippen molar-refractivity contribution < 1.29 is 4.74 Å². The fourth-order valence-electron chi connectivity index (χ4n) is 5.43. The number of para-hydroxylation sites is 2. The summed E-state index contributed by atoms with van der Waals surface area (Å²) in [6.45, 7) is 4.56. The molecule has 34 heavy (non-hydrogen) atoms. The number of rotatable bonds is 11. The Balaban J connectivity index is 1.89. The molecule has 3 heteroatoms. The highest BCUT2D eigenvalue weighted by molar-refractivity contribution is 9.11. The van der Waals surface area contributed by atoms with Crippen LogP contribution in [0.3, 0.4) is 0 Å². The fraction of sp³-hybridized carbons (Fsp3) is 0.419. The van der Waals surface area contributed by atoms with Crippen molar-refractivity contribution in [3.8, 4) is 34.3 Å². The van der Waals surface area contributed by atoms with Crippen molar-refractivity contribution in [2.24, 2.45) is 0 Å². The molecule has 3 aromatic rings. The van der Waals surface area contributed by atoms with Crippen LogP contribution in [0, 0.1) is 12.3 Å². The van der Waals surface area contributed by atoms with Gasteiger partial charge in [0.2, 0.25) is 0 Å². The average Bonchev–Trinajstić information content (AvgIpc) is 3.29. The van der Waals surface area contributed by atoms with Gasteiger partial charge in [-0.3, -0.25) is 0 Å². The van der Waals surface area contributed by atoms with E-state index in [2.05, 4.69) is 78.2 Å². The predicted molar refractivity (Wildman–Crippen MR) is 150 cm³/mol. The molecule has 1 nitrogen and oxygen atoms in total. The molecule has 178 valence electrons. The Morgan fingerprint density at radius 1 is 0.824 bits per heavy atom. The van der Waals surface area contributed by atoms with Gasteiger partial charge >= 0.3 is 0 Å². The molecule has 1 aromatic heterocycles. The summed E-state index contributed by atoms with van der Waals surface area (Å²) in [6.07, 6.45) is 18.3. The minimum Gasteiger partial charge on any atom is -0.455 e. The summed E-state index contributed by atoms with van der Waals surface area (Å²) in [5.74, 6) is 4.80. The summed E-state index contributed by atoms with van der Waals surface area (Å²) in [6, 6.07) is 17.4. The normalized spacial score (nSPS) is 13.6. The summed E-state index contributed by atoms with van der Waals surface area (Å²) >= 11 is 5.40. The lowest BCUT2D eigenvalue weighted by Gasteiger charge is -2.42. The third kappa shape index (κ3) is 5.00. The van der Waals surface area contributed by atoms with E-state index >= 15 is 0 Å².